The molecule has 2 fully saturated rings. The number of piperidine rings is 2. The van der Waals surface area contributed by atoms with Gasteiger partial charge in [0.2, 0.25) is 23.5 Å². The molecule has 16 nitrogen and oxygen atoms in total. The Morgan fingerprint density at radius 3 is 1.54 bits per heavy atom. The first-order valence-electron chi connectivity index (χ1n) is 17.3. The number of aromatic nitrogens is 4. The molecule has 2 aliphatic heterocycles. The van der Waals surface area contributed by atoms with E-state index in [-0.39, 0.29) is 64.3 Å². The van der Waals surface area contributed by atoms with Crippen molar-refractivity contribution in [3.05, 3.63) is 82.2 Å². The van der Waals surface area contributed by atoms with E-state index < -0.39 is 46.0 Å². The molecule has 0 spiro atoms. The summed E-state index contributed by atoms with van der Waals surface area (Å²) in [6.45, 7) is 2.78. The Balaban J connectivity index is 0.000000216. The fourth-order valence-corrected chi connectivity index (χ4v) is 6.01. The van der Waals surface area contributed by atoms with Crippen molar-refractivity contribution in [3.63, 3.8) is 0 Å². The first-order chi connectivity index (χ1) is 26.9. The number of hydrogen-bond donors (Lipinski definition) is 5. The fourth-order valence-electron chi connectivity index (χ4n) is 6.01. The Morgan fingerprint density at radius 2 is 1.14 bits per heavy atom. The van der Waals surface area contributed by atoms with Crippen LogP contribution in [0, 0.1) is 23.3 Å². The van der Waals surface area contributed by atoms with Crippen molar-refractivity contribution in [2.45, 2.75) is 37.8 Å². The van der Waals surface area contributed by atoms with Crippen molar-refractivity contribution >= 4 is 41.2 Å². The van der Waals surface area contributed by atoms with E-state index in [1.54, 1.807) is 4.90 Å². The van der Waals surface area contributed by atoms with Crippen molar-refractivity contribution in [2.75, 3.05) is 69.6 Å². The van der Waals surface area contributed by atoms with Crippen LogP contribution in [0.2, 0.25) is 0 Å². The molecule has 2 aliphatic rings. The van der Waals surface area contributed by atoms with Gasteiger partial charge in [-0.2, -0.15) is 9.97 Å². The molecule has 20 heteroatoms. The highest BCUT2D eigenvalue weighted by molar-refractivity contribution is 6.12. The number of carbonyl (C=O) groups is 3. The van der Waals surface area contributed by atoms with Crippen LogP contribution in [-0.2, 0) is 4.74 Å². The molecule has 298 valence electrons. The average molecular weight is 785 g/mol. The number of amides is 1. The first kappa shape index (κ1) is 40.9. The van der Waals surface area contributed by atoms with Gasteiger partial charge < -0.3 is 46.5 Å². The lowest BCUT2D eigenvalue weighted by Gasteiger charge is -2.31. The summed E-state index contributed by atoms with van der Waals surface area (Å²) in [7, 11) is 3.76. The van der Waals surface area contributed by atoms with Crippen LogP contribution in [0.15, 0.2) is 36.7 Å². The molecule has 56 heavy (non-hydrogen) atoms. The second-order valence-corrected chi connectivity index (χ2v) is 12.6. The van der Waals surface area contributed by atoms with E-state index in [2.05, 4.69) is 35.9 Å². The highest BCUT2D eigenvalue weighted by atomic mass is 19.1. The normalized spacial score (nSPS) is 14.6. The zero-order valence-corrected chi connectivity index (χ0v) is 30.6. The third-order valence-electron chi connectivity index (χ3n) is 9.06. The summed E-state index contributed by atoms with van der Waals surface area (Å²) >= 11 is 0. The Morgan fingerprint density at radius 1 is 0.714 bits per heavy atom. The molecular weight excluding hydrogens is 744 g/mol. The van der Waals surface area contributed by atoms with Crippen LogP contribution in [0.5, 0.6) is 11.5 Å². The number of nitrogen functional groups attached to an aromatic ring is 2. The van der Waals surface area contributed by atoms with Crippen LogP contribution in [0.4, 0.5) is 45.9 Å². The van der Waals surface area contributed by atoms with Crippen molar-refractivity contribution in [1.29, 1.82) is 0 Å². The summed E-state index contributed by atoms with van der Waals surface area (Å²) in [6.07, 6.45) is 5.00. The third kappa shape index (κ3) is 9.31. The standard InChI is InChI=1S/C19H21F2N5O4.C17H19F2N5O2/c1-29-13-4-3-12(20)14(15(13)21)16(27)11-9-23-18(25-17(11)22)24-10-5-7-26(8-6-10)19(28)30-2;1-26-12-3-2-11(18)13(14(12)19)15(25)10-8-22-17(24-16(10)20)23-9-4-6-21-7-5-9/h3-4,9-10H,5-8H2,1-2H3,(H3,22,23,24,25);2-3,8-9,21H,4-7H2,1H3,(H3,20,22,23,24). The molecule has 0 bridgehead atoms. The van der Waals surface area contributed by atoms with Crippen molar-refractivity contribution in [2.24, 2.45) is 0 Å². The lowest BCUT2D eigenvalue weighted by atomic mass is 10.0. The van der Waals surface area contributed by atoms with Gasteiger partial charge in [-0.25, -0.2) is 32.3 Å². The maximum atomic E-state index is 14.4. The van der Waals surface area contributed by atoms with Crippen LogP contribution in [0.1, 0.15) is 57.5 Å². The molecule has 0 aliphatic carbocycles. The lowest BCUT2D eigenvalue weighted by molar-refractivity contribution is 0.102. The molecule has 7 N–H and O–H groups in total. The number of hydrogen-bond acceptors (Lipinski definition) is 15. The Kier molecular flexibility index (Phi) is 13.4. The van der Waals surface area contributed by atoms with Crippen LogP contribution in [0.25, 0.3) is 0 Å². The van der Waals surface area contributed by atoms with E-state index in [1.165, 1.54) is 27.5 Å². The molecule has 6 rings (SSSR count). The second-order valence-electron chi connectivity index (χ2n) is 12.6. The molecule has 2 saturated heterocycles. The van der Waals surface area contributed by atoms with Gasteiger partial charge in [-0.15, -0.1) is 0 Å². The lowest BCUT2D eigenvalue weighted by Crippen LogP contribution is -2.42. The molecule has 0 atom stereocenters. The van der Waals surface area contributed by atoms with Gasteiger partial charge in [0.15, 0.2) is 23.1 Å². The van der Waals surface area contributed by atoms with Crippen molar-refractivity contribution in [3.8, 4) is 11.5 Å². The zero-order chi connectivity index (χ0) is 40.5. The van der Waals surface area contributed by atoms with E-state index in [0.29, 0.717) is 25.9 Å². The summed E-state index contributed by atoms with van der Waals surface area (Å²) in [5.74, 6) is -6.62. The number of nitrogens with zero attached hydrogens (tertiary/aromatic N) is 5. The monoisotopic (exact) mass is 784 g/mol. The average Bonchev–Trinajstić information content (AvgIpc) is 3.19. The summed E-state index contributed by atoms with van der Waals surface area (Å²) in [5.41, 5.74) is 9.75. The first-order valence-corrected chi connectivity index (χ1v) is 17.3. The predicted molar refractivity (Wildman–Crippen MR) is 196 cm³/mol. The molecule has 0 saturated carbocycles. The van der Waals surface area contributed by atoms with Gasteiger partial charge in [-0.3, -0.25) is 9.59 Å². The van der Waals surface area contributed by atoms with Gasteiger partial charge in [0.1, 0.15) is 23.3 Å². The summed E-state index contributed by atoms with van der Waals surface area (Å²) in [4.78, 5) is 54.5. The molecule has 4 heterocycles. The number of ether oxygens (including phenoxy) is 3. The van der Waals surface area contributed by atoms with Gasteiger partial charge in [0.25, 0.3) is 0 Å². The third-order valence-corrected chi connectivity index (χ3v) is 9.06. The minimum absolute atomic E-state index is 0.0138. The fraction of sp³-hybridized carbons (Fsp3) is 0.361. The molecule has 2 aromatic heterocycles. The molecule has 0 unspecified atom stereocenters. The van der Waals surface area contributed by atoms with Crippen molar-refractivity contribution < 1.29 is 46.2 Å². The topological polar surface area (TPSA) is 222 Å². The van der Waals surface area contributed by atoms with Gasteiger partial charge in [-0.1, -0.05) is 0 Å². The van der Waals surface area contributed by atoms with Gasteiger partial charge in [0.05, 0.1) is 43.6 Å². The number of likely N-dealkylation sites (tertiary alicyclic amines) is 1. The Hall–Kier alpha value is -6.31. The quantitative estimate of drug-likeness (QED) is 0.113. The number of halogens is 4. The van der Waals surface area contributed by atoms with E-state index in [4.69, 9.17) is 25.7 Å². The van der Waals surface area contributed by atoms with E-state index in [0.717, 1.165) is 56.4 Å². The predicted octanol–water partition coefficient (Wildman–Crippen LogP) is 3.96. The van der Waals surface area contributed by atoms with Gasteiger partial charge in [0, 0.05) is 37.6 Å². The van der Waals surface area contributed by atoms with Crippen LogP contribution >= 0.6 is 0 Å². The summed E-state index contributed by atoms with van der Waals surface area (Å²) in [6, 6.07) is 4.26. The zero-order valence-electron chi connectivity index (χ0n) is 30.6. The number of nitrogens with one attached hydrogen (secondary N) is 3. The highest BCUT2D eigenvalue weighted by Crippen LogP contribution is 2.28. The number of rotatable bonds is 10. The highest BCUT2D eigenvalue weighted by Gasteiger charge is 2.28. The Labute approximate surface area is 318 Å². The smallest absolute Gasteiger partial charge is 0.409 e. The summed E-state index contributed by atoms with van der Waals surface area (Å²) in [5, 5.41) is 9.48. The van der Waals surface area contributed by atoms with Gasteiger partial charge >= 0.3 is 6.09 Å². The largest absolute Gasteiger partial charge is 0.494 e. The van der Waals surface area contributed by atoms with E-state index in [9.17, 15) is 31.9 Å². The van der Waals surface area contributed by atoms with Crippen molar-refractivity contribution in [1.82, 2.24) is 30.2 Å². The number of nitrogens with two attached hydrogens (primary N) is 2. The second kappa shape index (κ2) is 18.3. The number of methoxy groups -OCH3 is 3. The van der Waals surface area contributed by atoms with E-state index in [1.807, 2.05) is 0 Å². The SMILES string of the molecule is COC(=O)N1CCC(Nc2ncc(C(=O)c3c(F)ccc(OC)c3F)c(N)n2)CC1.COc1ccc(F)c(C(=O)c2cnc(NC3CCNCC3)nc2N)c1F. The van der Waals surface area contributed by atoms with Gasteiger partial charge in [-0.05, 0) is 63.0 Å². The summed E-state index contributed by atoms with van der Waals surface area (Å²) < 4.78 is 71.1. The number of benzene rings is 2. The minimum atomic E-state index is -1.12. The van der Waals surface area contributed by atoms with Crippen LogP contribution in [-0.4, -0.2) is 102 Å². The molecule has 2 aromatic carbocycles. The Bertz CT molecular complexity index is 2080. The van der Waals surface area contributed by atoms with Crippen LogP contribution in [0.3, 0.4) is 0 Å². The maximum Gasteiger partial charge on any atom is 0.409 e. The molecule has 1 amide bonds. The molecular formula is C36H40F4N10O6. The number of carbonyl (C=O) groups excluding carboxylic acids is 3. The molecule has 4 aromatic rings. The maximum absolute atomic E-state index is 14.4. The van der Waals surface area contributed by atoms with E-state index >= 15 is 0 Å². The number of ketones is 2. The van der Waals surface area contributed by atoms with Crippen LogP contribution < -0.4 is 36.9 Å². The minimum Gasteiger partial charge on any atom is -0.494 e. The molecule has 0 radical (unpaired) electrons. The number of anilines is 4.